The molecule has 0 aliphatic rings. The summed E-state index contributed by atoms with van der Waals surface area (Å²) in [5.41, 5.74) is 2.94. The lowest BCUT2D eigenvalue weighted by atomic mass is 10.1. The molecule has 0 aliphatic carbocycles. The lowest BCUT2D eigenvalue weighted by Gasteiger charge is -2.13. The molecular formula is C22H24N4O4. The van der Waals surface area contributed by atoms with E-state index in [4.69, 9.17) is 4.74 Å². The molecule has 1 amide bonds. The summed E-state index contributed by atoms with van der Waals surface area (Å²) in [6.45, 7) is 2.50. The van der Waals surface area contributed by atoms with Gasteiger partial charge in [0.2, 0.25) is 5.91 Å². The minimum atomic E-state index is -0.442. The maximum absolute atomic E-state index is 12.6. The number of methoxy groups -OCH3 is 1. The van der Waals surface area contributed by atoms with Crippen LogP contribution in [0.15, 0.2) is 60.8 Å². The van der Waals surface area contributed by atoms with E-state index in [0.29, 0.717) is 17.9 Å². The molecule has 2 aromatic carbocycles. The quantitative estimate of drug-likeness (QED) is 0.431. The Kier molecular flexibility index (Phi) is 6.92. The van der Waals surface area contributed by atoms with Crippen molar-refractivity contribution in [2.75, 3.05) is 13.7 Å². The number of hydrogen-bond donors (Lipinski definition) is 1. The normalized spacial score (nSPS) is 11.8. The van der Waals surface area contributed by atoms with Gasteiger partial charge in [0, 0.05) is 49.2 Å². The number of nitro groups is 1. The molecule has 156 valence electrons. The Hall–Kier alpha value is -3.52. The Bertz CT molecular complexity index is 1000. The Morgan fingerprint density at radius 3 is 2.53 bits per heavy atom. The summed E-state index contributed by atoms with van der Waals surface area (Å²) in [6.07, 6.45) is 2.70. The first kappa shape index (κ1) is 21.2. The first-order valence-corrected chi connectivity index (χ1v) is 9.65. The van der Waals surface area contributed by atoms with Gasteiger partial charge in [0.25, 0.3) is 5.69 Å². The number of carbonyl (C=O) groups is 1. The molecule has 1 heterocycles. The van der Waals surface area contributed by atoms with Crippen LogP contribution >= 0.6 is 0 Å². The molecular weight excluding hydrogens is 384 g/mol. The van der Waals surface area contributed by atoms with Gasteiger partial charge >= 0.3 is 0 Å². The fourth-order valence-corrected chi connectivity index (χ4v) is 3.10. The van der Waals surface area contributed by atoms with Crippen LogP contribution in [-0.4, -0.2) is 40.4 Å². The van der Waals surface area contributed by atoms with Crippen molar-refractivity contribution in [2.45, 2.75) is 25.8 Å². The van der Waals surface area contributed by atoms with E-state index in [0.717, 1.165) is 17.7 Å². The lowest BCUT2D eigenvalue weighted by molar-refractivity contribution is -0.384. The van der Waals surface area contributed by atoms with Crippen LogP contribution in [0.4, 0.5) is 5.69 Å². The second-order valence-electron chi connectivity index (χ2n) is 7.01. The molecule has 1 atom stereocenters. The van der Waals surface area contributed by atoms with Crippen LogP contribution in [0.2, 0.25) is 0 Å². The van der Waals surface area contributed by atoms with Crippen molar-refractivity contribution in [3.63, 3.8) is 0 Å². The number of nitro benzene ring substituents is 1. The van der Waals surface area contributed by atoms with Gasteiger partial charge in [0.05, 0.1) is 22.7 Å². The van der Waals surface area contributed by atoms with E-state index in [1.165, 1.54) is 12.1 Å². The maximum Gasteiger partial charge on any atom is 0.269 e. The van der Waals surface area contributed by atoms with Gasteiger partial charge in [-0.25, -0.2) is 4.68 Å². The van der Waals surface area contributed by atoms with Gasteiger partial charge in [0.15, 0.2) is 0 Å². The average molecular weight is 408 g/mol. The molecule has 3 rings (SSSR count). The molecule has 8 nitrogen and oxygen atoms in total. The van der Waals surface area contributed by atoms with Crippen LogP contribution in [0.5, 0.6) is 0 Å². The molecule has 0 bridgehead atoms. The molecule has 8 heteroatoms. The van der Waals surface area contributed by atoms with Gasteiger partial charge in [-0.15, -0.1) is 0 Å². The van der Waals surface area contributed by atoms with E-state index in [2.05, 4.69) is 10.4 Å². The van der Waals surface area contributed by atoms with Crippen molar-refractivity contribution in [2.24, 2.45) is 0 Å². The van der Waals surface area contributed by atoms with Gasteiger partial charge in [-0.05, 0) is 37.6 Å². The van der Waals surface area contributed by atoms with Crippen LogP contribution in [0.1, 0.15) is 18.9 Å². The van der Waals surface area contributed by atoms with Crippen molar-refractivity contribution in [1.82, 2.24) is 15.1 Å². The van der Waals surface area contributed by atoms with Gasteiger partial charge in [-0.1, -0.05) is 18.2 Å². The molecule has 1 aromatic heterocycles. The Morgan fingerprint density at radius 2 is 1.90 bits per heavy atom. The van der Waals surface area contributed by atoms with Crippen molar-refractivity contribution < 1.29 is 14.5 Å². The minimum Gasteiger partial charge on any atom is -0.385 e. The smallest absolute Gasteiger partial charge is 0.269 e. The zero-order chi connectivity index (χ0) is 21.5. The highest BCUT2D eigenvalue weighted by molar-refractivity contribution is 5.81. The molecule has 0 saturated heterocycles. The Morgan fingerprint density at radius 1 is 1.20 bits per heavy atom. The van der Waals surface area contributed by atoms with E-state index >= 15 is 0 Å². The third-order valence-electron chi connectivity index (χ3n) is 4.68. The highest BCUT2D eigenvalue weighted by Crippen LogP contribution is 2.26. The number of amides is 1. The van der Waals surface area contributed by atoms with Crippen molar-refractivity contribution >= 4 is 11.6 Å². The van der Waals surface area contributed by atoms with Gasteiger partial charge in [-0.3, -0.25) is 14.9 Å². The van der Waals surface area contributed by atoms with Crippen LogP contribution < -0.4 is 5.32 Å². The highest BCUT2D eigenvalue weighted by atomic mass is 16.6. The summed E-state index contributed by atoms with van der Waals surface area (Å²) in [6, 6.07) is 15.7. The van der Waals surface area contributed by atoms with Crippen molar-refractivity contribution in [1.29, 1.82) is 0 Å². The topological polar surface area (TPSA) is 99.3 Å². The van der Waals surface area contributed by atoms with E-state index in [9.17, 15) is 14.9 Å². The molecule has 1 N–H and O–H groups in total. The third-order valence-corrected chi connectivity index (χ3v) is 4.68. The second-order valence-corrected chi connectivity index (χ2v) is 7.01. The van der Waals surface area contributed by atoms with E-state index in [1.54, 1.807) is 23.9 Å². The number of para-hydroxylation sites is 1. The van der Waals surface area contributed by atoms with E-state index < -0.39 is 4.92 Å². The summed E-state index contributed by atoms with van der Waals surface area (Å²) < 4.78 is 6.77. The molecule has 3 aromatic rings. The first-order chi connectivity index (χ1) is 14.5. The minimum absolute atomic E-state index is 0.00695. The van der Waals surface area contributed by atoms with Gasteiger partial charge < -0.3 is 10.1 Å². The summed E-state index contributed by atoms with van der Waals surface area (Å²) in [5, 5.41) is 18.6. The van der Waals surface area contributed by atoms with E-state index in [-0.39, 0.29) is 24.1 Å². The number of non-ortho nitro benzene ring substituents is 1. The average Bonchev–Trinajstić information content (AvgIpc) is 3.16. The van der Waals surface area contributed by atoms with Crippen LogP contribution in [-0.2, 0) is 16.0 Å². The van der Waals surface area contributed by atoms with Crippen molar-refractivity contribution in [3.8, 4) is 16.9 Å². The molecule has 0 saturated carbocycles. The lowest BCUT2D eigenvalue weighted by Crippen LogP contribution is -2.34. The fraction of sp³-hybridized carbons (Fsp3) is 0.273. The predicted octanol–water partition coefficient (Wildman–Crippen LogP) is 3.53. The largest absolute Gasteiger partial charge is 0.385 e. The van der Waals surface area contributed by atoms with Crippen LogP contribution in [0, 0.1) is 10.1 Å². The maximum atomic E-state index is 12.6. The Balaban J connectivity index is 1.89. The fourth-order valence-electron chi connectivity index (χ4n) is 3.10. The van der Waals surface area contributed by atoms with E-state index in [1.807, 2.05) is 43.5 Å². The molecule has 0 spiro atoms. The molecule has 30 heavy (non-hydrogen) atoms. The molecule has 1 unspecified atom stereocenters. The highest BCUT2D eigenvalue weighted by Gasteiger charge is 2.17. The van der Waals surface area contributed by atoms with Crippen molar-refractivity contribution in [3.05, 3.63) is 76.5 Å². The number of nitrogens with one attached hydrogen (secondary N) is 1. The van der Waals surface area contributed by atoms with Crippen LogP contribution in [0.25, 0.3) is 16.9 Å². The number of aromatic nitrogens is 2. The molecule has 0 radical (unpaired) electrons. The summed E-state index contributed by atoms with van der Waals surface area (Å²) in [5.74, 6) is -0.116. The molecule has 0 aliphatic heterocycles. The van der Waals surface area contributed by atoms with Gasteiger partial charge in [0.1, 0.15) is 0 Å². The number of rotatable bonds is 9. The predicted molar refractivity (Wildman–Crippen MR) is 113 cm³/mol. The number of benzene rings is 2. The number of carbonyl (C=O) groups excluding carboxylic acids is 1. The summed E-state index contributed by atoms with van der Waals surface area (Å²) in [7, 11) is 1.63. The first-order valence-electron chi connectivity index (χ1n) is 9.65. The number of ether oxygens (including phenoxy) is 1. The number of hydrogen-bond acceptors (Lipinski definition) is 5. The monoisotopic (exact) mass is 408 g/mol. The zero-order valence-corrected chi connectivity index (χ0v) is 16.9. The third kappa shape index (κ3) is 5.30. The summed E-state index contributed by atoms with van der Waals surface area (Å²) in [4.78, 5) is 23.1. The standard InChI is InChI=1S/C22H24N4O4/c1-16(12-13-30-2)23-21(27)14-18-15-25(19-6-4-3-5-7-19)24-22(18)17-8-10-20(11-9-17)26(28)29/h3-11,15-16H,12-14H2,1-2H3,(H,23,27). The zero-order valence-electron chi connectivity index (χ0n) is 16.9. The summed E-state index contributed by atoms with van der Waals surface area (Å²) >= 11 is 0. The molecule has 0 fully saturated rings. The SMILES string of the molecule is COCCC(C)NC(=O)Cc1cn(-c2ccccc2)nc1-c1ccc([N+](=O)[O-])cc1. The number of nitrogens with zero attached hydrogens (tertiary/aromatic N) is 3. The van der Waals surface area contributed by atoms with Crippen LogP contribution in [0.3, 0.4) is 0 Å². The second kappa shape index (κ2) is 9.80. The Labute approximate surface area is 174 Å². The van der Waals surface area contributed by atoms with Gasteiger partial charge in [-0.2, -0.15) is 5.10 Å².